The number of hydrogen-bond donors (Lipinski definition) is 2. The van der Waals surface area contributed by atoms with E-state index < -0.39 is 24.0 Å². The SMILES string of the molecule is CCC(NC(=O)C(F)(F)C(F)(F)F)c1ncc[nH]1. The summed E-state index contributed by atoms with van der Waals surface area (Å²) >= 11 is 0. The molecule has 0 aliphatic rings. The molecule has 0 fully saturated rings. The van der Waals surface area contributed by atoms with Gasteiger partial charge < -0.3 is 10.3 Å². The van der Waals surface area contributed by atoms with Gasteiger partial charge in [-0.25, -0.2) is 4.98 Å². The molecule has 1 aromatic heterocycles. The van der Waals surface area contributed by atoms with Gasteiger partial charge in [-0.1, -0.05) is 6.92 Å². The van der Waals surface area contributed by atoms with Gasteiger partial charge in [0, 0.05) is 12.4 Å². The van der Waals surface area contributed by atoms with Gasteiger partial charge >= 0.3 is 18.0 Å². The molecule has 0 aromatic carbocycles. The topological polar surface area (TPSA) is 57.8 Å². The molecule has 102 valence electrons. The minimum atomic E-state index is -5.92. The van der Waals surface area contributed by atoms with Crippen molar-refractivity contribution in [2.45, 2.75) is 31.5 Å². The van der Waals surface area contributed by atoms with Crippen LogP contribution >= 0.6 is 0 Å². The first-order valence-electron chi connectivity index (χ1n) is 4.95. The minimum Gasteiger partial charge on any atom is -0.347 e. The lowest BCUT2D eigenvalue weighted by Gasteiger charge is -2.21. The van der Waals surface area contributed by atoms with E-state index in [-0.39, 0.29) is 12.2 Å². The Balaban J connectivity index is 2.81. The Morgan fingerprint density at radius 3 is 2.44 bits per heavy atom. The number of amides is 1. The molecule has 1 heterocycles. The zero-order valence-electron chi connectivity index (χ0n) is 9.18. The number of alkyl halides is 5. The monoisotopic (exact) mass is 271 g/mol. The van der Waals surface area contributed by atoms with Gasteiger partial charge in [0.1, 0.15) is 5.82 Å². The predicted octanol–water partition coefficient (Wildman–Crippen LogP) is 2.17. The third-order valence-electron chi connectivity index (χ3n) is 2.20. The van der Waals surface area contributed by atoms with E-state index in [4.69, 9.17) is 0 Å². The first kappa shape index (κ1) is 14.4. The molecule has 0 saturated heterocycles. The highest BCUT2D eigenvalue weighted by molar-refractivity contribution is 5.84. The van der Waals surface area contributed by atoms with Crippen LogP contribution in [0.15, 0.2) is 12.4 Å². The maximum atomic E-state index is 12.7. The Kier molecular flexibility index (Phi) is 3.92. The third-order valence-corrected chi connectivity index (χ3v) is 2.20. The van der Waals surface area contributed by atoms with Crippen LogP contribution in [-0.2, 0) is 4.79 Å². The molecule has 1 amide bonds. The van der Waals surface area contributed by atoms with Crippen LogP contribution in [0.2, 0.25) is 0 Å². The lowest BCUT2D eigenvalue weighted by Crippen LogP contribution is -2.51. The minimum absolute atomic E-state index is 0.115. The van der Waals surface area contributed by atoms with E-state index in [1.165, 1.54) is 19.3 Å². The molecule has 9 heteroatoms. The number of halogens is 5. The highest BCUT2D eigenvalue weighted by atomic mass is 19.4. The second kappa shape index (κ2) is 4.91. The summed E-state index contributed by atoms with van der Waals surface area (Å²) in [6.07, 6.45) is -3.14. The Morgan fingerprint density at radius 2 is 2.06 bits per heavy atom. The standard InChI is InChI=1S/C9H10F5N3O/c1-2-5(6-15-3-4-16-6)17-7(18)8(10,11)9(12,13)14/h3-5H,2H2,1H3,(H,15,16)(H,17,18). The van der Waals surface area contributed by atoms with Crippen molar-refractivity contribution in [3.05, 3.63) is 18.2 Å². The van der Waals surface area contributed by atoms with Crippen LogP contribution in [0.25, 0.3) is 0 Å². The summed E-state index contributed by atoms with van der Waals surface area (Å²) in [5.41, 5.74) is 0. The number of imidazole rings is 1. The van der Waals surface area contributed by atoms with Crippen LogP contribution in [0.4, 0.5) is 22.0 Å². The molecule has 0 saturated carbocycles. The Morgan fingerprint density at radius 1 is 1.44 bits per heavy atom. The maximum absolute atomic E-state index is 12.7. The molecule has 1 atom stereocenters. The van der Waals surface area contributed by atoms with Gasteiger partial charge in [0.15, 0.2) is 0 Å². The van der Waals surface area contributed by atoms with E-state index in [1.807, 2.05) is 0 Å². The van der Waals surface area contributed by atoms with Gasteiger partial charge in [0.2, 0.25) is 0 Å². The Bertz CT molecular complexity index is 401. The molecule has 0 radical (unpaired) electrons. The first-order chi connectivity index (χ1) is 8.20. The van der Waals surface area contributed by atoms with Gasteiger partial charge in [-0.2, -0.15) is 22.0 Å². The number of aromatic nitrogens is 2. The maximum Gasteiger partial charge on any atom is 0.463 e. The van der Waals surface area contributed by atoms with Crippen molar-refractivity contribution >= 4 is 5.91 Å². The number of aromatic amines is 1. The number of carbonyl (C=O) groups is 1. The van der Waals surface area contributed by atoms with Crippen molar-refractivity contribution < 1.29 is 26.7 Å². The van der Waals surface area contributed by atoms with E-state index in [0.717, 1.165) is 0 Å². The van der Waals surface area contributed by atoms with Gasteiger partial charge in [-0.3, -0.25) is 4.79 Å². The summed E-state index contributed by atoms with van der Waals surface area (Å²) in [7, 11) is 0. The fourth-order valence-corrected chi connectivity index (χ4v) is 1.21. The largest absolute Gasteiger partial charge is 0.463 e. The van der Waals surface area contributed by atoms with Crippen LogP contribution in [0.3, 0.4) is 0 Å². The van der Waals surface area contributed by atoms with E-state index in [2.05, 4.69) is 9.97 Å². The molecule has 4 nitrogen and oxygen atoms in total. The summed E-state index contributed by atoms with van der Waals surface area (Å²) in [5.74, 6) is -7.70. The summed E-state index contributed by atoms with van der Waals surface area (Å²) in [6, 6.07) is -1.03. The predicted molar refractivity (Wildman–Crippen MR) is 50.8 cm³/mol. The Hall–Kier alpha value is -1.67. The second-order valence-electron chi connectivity index (χ2n) is 3.48. The van der Waals surface area contributed by atoms with Crippen molar-refractivity contribution in [2.75, 3.05) is 0 Å². The summed E-state index contributed by atoms with van der Waals surface area (Å²) in [6.45, 7) is 1.51. The third kappa shape index (κ3) is 2.77. The van der Waals surface area contributed by atoms with Crippen molar-refractivity contribution in [2.24, 2.45) is 0 Å². The number of rotatable bonds is 4. The van der Waals surface area contributed by atoms with Crippen LogP contribution in [0, 0.1) is 0 Å². The smallest absolute Gasteiger partial charge is 0.347 e. The molecule has 0 bridgehead atoms. The van der Waals surface area contributed by atoms with Crippen LogP contribution in [0.5, 0.6) is 0 Å². The number of carbonyl (C=O) groups excluding carboxylic acids is 1. The van der Waals surface area contributed by atoms with Crippen molar-refractivity contribution in [1.82, 2.24) is 15.3 Å². The van der Waals surface area contributed by atoms with Crippen molar-refractivity contribution in [3.8, 4) is 0 Å². The number of nitrogens with one attached hydrogen (secondary N) is 2. The Labute approximate surface area is 98.6 Å². The lowest BCUT2D eigenvalue weighted by atomic mass is 10.2. The summed E-state index contributed by atoms with van der Waals surface area (Å²) < 4.78 is 61.2. The van der Waals surface area contributed by atoms with E-state index >= 15 is 0 Å². The van der Waals surface area contributed by atoms with E-state index in [1.54, 1.807) is 5.32 Å². The average Bonchev–Trinajstić information content (AvgIpc) is 2.76. The number of nitrogens with zero attached hydrogens (tertiary/aromatic N) is 1. The second-order valence-corrected chi connectivity index (χ2v) is 3.48. The molecule has 18 heavy (non-hydrogen) atoms. The molecule has 1 rings (SSSR count). The van der Waals surface area contributed by atoms with E-state index in [9.17, 15) is 26.7 Å². The van der Waals surface area contributed by atoms with Crippen LogP contribution in [-0.4, -0.2) is 28.0 Å². The fourth-order valence-electron chi connectivity index (χ4n) is 1.21. The molecular formula is C9H10F5N3O. The van der Waals surface area contributed by atoms with Crippen molar-refractivity contribution in [3.63, 3.8) is 0 Å². The van der Waals surface area contributed by atoms with Gasteiger partial charge in [0.05, 0.1) is 6.04 Å². The highest BCUT2D eigenvalue weighted by Gasteiger charge is 2.63. The van der Waals surface area contributed by atoms with Crippen LogP contribution in [0.1, 0.15) is 25.2 Å². The zero-order valence-corrected chi connectivity index (χ0v) is 9.18. The van der Waals surface area contributed by atoms with Crippen LogP contribution < -0.4 is 5.32 Å². The molecule has 1 aromatic rings. The molecular weight excluding hydrogens is 261 g/mol. The molecule has 0 aliphatic heterocycles. The molecule has 0 aliphatic carbocycles. The molecule has 0 spiro atoms. The van der Waals surface area contributed by atoms with Gasteiger partial charge in [0.25, 0.3) is 0 Å². The highest BCUT2D eigenvalue weighted by Crippen LogP contribution is 2.36. The van der Waals surface area contributed by atoms with Gasteiger partial charge in [-0.05, 0) is 6.42 Å². The zero-order chi connectivity index (χ0) is 14.0. The summed E-state index contributed by atoms with van der Waals surface area (Å²) in [4.78, 5) is 17.2. The number of H-pyrrole nitrogens is 1. The lowest BCUT2D eigenvalue weighted by molar-refractivity contribution is -0.270. The molecule has 1 unspecified atom stereocenters. The average molecular weight is 271 g/mol. The van der Waals surface area contributed by atoms with Crippen molar-refractivity contribution in [1.29, 1.82) is 0 Å². The van der Waals surface area contributed by atoms with Gasteiger partial charge in [-0.15, -0.1) is 0 Å². The molecule has 2 N–H and O–H groups in total. The normalized spacial score (nSPS) is 14.3. The summed E-state index contributed by atoms with van der Waals surface area (Å²) in [5, 5.41) is 1.61. The quantitative estimate of drug-likeness (QED) is 0.824. The van der Waals surface area contributed by atoms with E-state index in [0.29, 0.717) is 0 Å². The number of hydrogen-bond acceptors (Lipinski definition) is 2. The first-order valence-corrected chi connectivity index (χ1v) is 4.95. The fraction of sp³-hybridized carbons (Fsp3) is 0.556.